The summed E-state index contributed by atoms with van der Waals surface area (Å²) in [5.74, 6) is 0. The molecule has 1 aliphatic rings. The van der Waals surface area contributed by atoms with Crippen molar-refractivity contribution in [1.29, 1.82) is 0 Å². The van der Waals surface area contributed by atoms with Gasteiger partial charge in [0.25, 0.3) is 0 Å². The highest BCUT2D eigenvalue weighted by molar-refractivity contribution is 5.77. The Bertz CT molecular complexity index is 325. The van der Waals surface area contributed by atoms with Crippen molar-refractivity contribution in [3.8, 4) is 0 Å². The molecule has 1 fully saturated rings. The highest BCUT2D eigenvalue weighted by Gasteiger charge is 2.39. The molecular formula is C10H15N3O. The molecule has 14 heavy (non-hydrogen) atoms. The van der Waals surface area contributed by atoms with Crippen molar-refractivity contribution in [2.75, 3.05) is 13.1 Å². The lowest BCUT2D eigenvalue weighted by atomic mass is 9.80. The van der Waals surface area contributed by atoms with Crippen LogP contribution in [0.3, 0.4) is 0 Å². The van der Waals surface area contributed by atoms with Crippen LogP contribution in [0.4, 0.5) is 4.79 Å². The number of imidazole rings is 1. The molecule has 0 aliphatic carbocycles. The van der Waals surface area contributed by atoms with Crippen LogP contribution >= 0.6 is 0 Å². The Balaban J connectivity index is 1.98. The molecule has 1 saturated heterocycles. The zero-order chi connectivity index (χ0) is 10.2. The monoisotopic (exact) mass is 193 g/mol. The van der Waals surface area contributed by atoms with Crippen molar-refractivity contribution >= 4 is 6.03 Å². The van der Waals surface area contributed by atoms with Crippen LogP contribution in [0.15, 0.2) is 18.7 Å². The maximum absolute atomic E-state index is 11.7. The Morgan fingerprint density at radius 1 is 1.57 bits per heavy atom. The number of rotatable bonds is 1. The van der Waals surface area contributed by atoms with Crippen molar-refractivity contribution in [2.45, 2.75) is 20.3 Å². The van der Waals surface area contributed by atoms with Crippen LogP contribution in [0, 0.1) is 5.41 Å². The Morgan fingerprint density at radius 3 is 2.79 bits per heavy atom. The Hall–Kier alpha value is -1.32. The van der Waals surface area contributed by atoms with Crippen molar-refractivity contribution in [2.24, 2.45) is 5.41 Å². The van der Waals surface area contributed by atoms with E-state index in [-0.39, 0.29) is 6.03 Å². The fraction of sp³-hybridized carbons (Fsp3) is 0.600. The fourth-order valence-electron chi connectivity index (χ4n) is 1.77. The van der Waals surface area contributed by atoms with E-state index in [1.807, 2.05) is 4.90 Å². The predicted octanol–water partition coefficient (Wildman–Crippen LogP) is 1.58. The highest BCUT2D eigenvalue weighted by atomic mass is 16.2. The number of nitrogens with zero attached hydrogens (tertiary/aromatic N) is 3. The summed E-state index contributed by atoms with van der Waals surface area (Å²) in [5, 5.41) is 0. The molecule has 0 bridgehead atoms. The van der Waals surface area contributed by atoms with Gasteiger partial charge in [-0.3, -0.25) is 4.57 Å². The molecule has 0 aromatic carbocycles. The maximum Gasteiger partial charge on any atom is 0.329 e. The van der Waals surface area contributed by atoms with E-state index in [1.54, 1.807) is 18.7 Å². The summed E-state index contributed by atoms with van der Waals surface area (Å²) in [6, 6.07) is 0.0356. The summed E-state index contributed by atoms with van der Waals surface area (Å²) in [5.41, 5.74) is 0.330. The topological polar surface area (TPSA) is 38.1 Å². The third-order valence-electron chi connectivity index (χ3n) is 2.99. The Labute approximate surface area is 83.5 Å². The number of carbonyl (C=O) groups is 1. The molecule has 0 unspecified atom stereocenters. The molecule has 1 aliphatic heterocycles. The van der Waals surface area contributed by atoms with E-state index in [0.717, 1.165) is 19.5 Å². The number of amides is 1. The molecule has 4 heteroatoms. The molecule has 1 aromatic rings. The first-order valence-corrected chi connectivity index (χ1v) is 4.92. The summed E-state index contributed by atoms with van der Waals surface area (Å²) >= 11 is 0. The number of likely N-dealkylation sites (tertiary alicyclic amines) is 1. The molecule has 0 N–H and O–H groups in total. The SMILES string of the molecule is CCC1(C)CN(C(=O)n2ccnc2)C1. The zero-order valence-corrected chi connectivity index (χ0v) is 8.60. The molecule has 0 radical (unpaired) electrons. The van der Waals surface area contributed by atoms with E-state index in [4.69, 9.17) is 0 Å². The van der Waals surface area contributed by atoms with Crippen LogP contribution < -0.4 is 0 Å². The number of carbonyl (C=O) groups excluding carboxylic acids is 1. The van der Waals surface area contributed by atoms with Gasteiger partial charge in [-0.05, 0) is 6.42 Å². The molecule has 0 spiro atoms. The van der Waals surface area contributed by atoms with Gasteiger partial charge in [-0.15, -0.1) is 0 Å². The van der Waals surface area contributed by atoms with Crippen LogP contribution in [0.2, 0.25) is 0 Å². The summed E-state index contributed by atoms with van der Waals surface area (Å²) in [7, 11) is 0. The largest absolute Gasteiger partial charge is 0.329 e. The lowest BCUT2D eigenvalue weighted by Gasteiger charge is -2.47. The van der Waals surface area contributed by atoms with Gasteiger partial charge >= 0.3 is 6.03 Å². The van der Waals surface area contributed by atoms with E-state index in [9.17, 15) is 4.79 Å². The highest BCUT2D eigenvalue weighted by Crippen LogP contribution is 2.33. The fourth-order valence-corrected chi connectivity index (χ4v) is 1.77. The van der Waals surface area contributed by atoms with Gasteiger partial charge in [-0.25, -0.2) is 9.78 Å². The van der Waals surface area contributed by atoms with Crippen LogP contribution in [0.5, 0.6) is 0 Å². The van der Waals surface area contributed by atoms with Gasteiger partial charge in [0.2, 0.25) is 0 Å². The summed E-state index contributed by atoms with van der Waals surface area (Å²) in [6.07, 6.45) is 5.98. The van der Waals surface area contributed by atoms with Gasteiger partial charge in [-0.1, -0.05) is 13.8 Å². The minimum absolute atomic E-state index is 0.0356. The van der Waals surface area contributed by atoms with Crippen LogP contribution in [-0.4, -0.2) is 33.6 Å². The van der Waals surface area contributed by atoms with E-state index < -0.39 is 0 Å². The molecule has 0 saturated carbocycles. The predicted molar refractivity (Wildman–Crippen MR) is 53.0 cm³/mol. The molecule has 2 heterocycles. The molecule has 76 valence electrons. The summed E-state index contributed by atoms with van der Waals surface area (Å²) in [4.78, 5) is 17.4. The number of hydrogen-bond donors (Lipinski definition) is 0. The minimum atomic E-state index is 0.0356. The summed E-state index contributed by atoms with van der Waals surface area (Å²) < 4.78 is 1.52. The number of aromatic nitrogens is 2. The van der Waals surface area contributed by atoms with E-state index in [1.165, 1.54) is 4.57 Å². The van der Waals surface area contributed by atoms with Crippen LogP contribution in [0.1, 0.15) is 20.3 Å². The van der Waals surface area contributed by atoms with Gasteiger partial charge in [0.1, 0.15) is 6.33 Å². The van der Waals surface area contributed by atoms with Crippen molar-refractivity contribution in [3.63, 3.8) is 0 Å². The van der Waals surface area contributed by atoms with E-state index in [0.29, 0.717) is 5.41 Å². The quantitative estimate of drug-likeness (QED) is 0.679. The van der Waals surface area contributed by atoms with Crippen LogP contribution in [-0.2, 0) is 0 Å². The average molecular weight is 193 g/mol. The second-order valence-corrected chi connectivity index (χ2v) is 4.27. The van der Waals surface area contributed by atoms with Crippen molar-refractivity contribution < 1.29 is 4.79 Å². The lowest BCUT2D eigenvalue weighted by Crippen LogP contribution is -2.57. The lowest BCUT2D eigenvalue weighted by molar-refractivity contribution is 0.0442. The standard InChI is InChI=1S/C10H15N3O/c1-3-10(2)6-13(7-10)9(14)12-5-4-11-8-12/h4-5,8H,3,6-7H2,1-2H3. The van der Waals surface area contributed by atoms with Gasteiger partial charge in [0.05, 0.1) is 0 Å². The normalized spacial score (nSPS) is 19.1. The second-order valence-electron chi connectivity index (χ2n) is 4.27. The Morgan fingerprint density at radius 2 is 2.29 bits per heavy atom. The van der Waals surface area contributed by atoms with Crippen molar-refractivity contribution in [3.05, 3.63) is 18.7 Å². The Kier molecular flexibility index (Phi) is 2.06. The van der Waals surface area contributed by atoms with Gasteiger partial charge in [-0.2, -0.15) is 0 Å². The van der Waals surface area contributed by atoms with E-state index in [2.05, 4.69) is 18.8 Å². The third kappa shape index (κ3) is 1.41. The van der Waals surface area contributed by atoms with E-state index >= 15 is 0 Å². The molecule has 1 aromatic heterocycles. The molecule has 2 rings (SSSR count). The summed E-state index contributed by atoms with van der Waals surface area (Å²) in [6.45, 7) is 6.10. The second kappa shape index (κ2) is 3.12. The number of hydrogen-bond acceptors (Lipinski definition) is 2. The van der Waals surface area contributed by atoms with Gasteiger partial charge < -0.3 is 4.90 Å². The molecule has 1 amide bonds. The first kappa shape index (κ1) is 9.24. The van der Waals surface area contributed by atoms with Crippen LogP contribution in [0.25, 0.3) is 0 Å². The molecule has 0 atom stereocenters. The maximum atomic E-state index is 11.7. The minimum Gasteiger partial charge on any atom is -0.323 e. The van der Waals surface area contributed by atoms with Gasteiger partial charge in [0, 0.05) is 30.9 Å². The first-order chi connectivity index (χ1) is 6.64. The van der Waals surface area contributed by atoms with Gasteiger partial charge in [0.15, 0.2) is 0 Å². The average Bonchev–Trinajstić information content (AvgIpc) is 2.64. The molecular weight excluding hydrogens is 178 g/mol. The first-order valence-electron chi connectivity index (χ1n) is 4.92. The zero-order valence-electron chi connectivity index (χ0n) is 8.60. The third-order valence-corrected chi connectivity index (χ3v) is 2.99. The van der Waals surface area contributed by atoms with Crippen molar-refractivity contribution in [1.82, 2.24) is 14.5 Å². The smallest absolute Gasteiger partial charge is 0.323 e. The molecule has 4 nitrogen and oxygen atoms in total.